The van der Waals surface area contributed by atoms with Crippen LogP contribution in [0.25, 0.3) is 10.9 Å². The van der Waals surface area contributed by atoms with Gasteiger partial charge in [-0.3, -0.25) is 14.3 Å². The second kappa shape index (κ2) is 6.44. The fourth-order valence-corrected chi connectivity index (χ4v) is 2.45. The molecule has 0 aliphatic carbocycles. The summed E-state index contributed by atoms with van der Waals surface area (Å²) < 4.78 is 1.53. The smallest absolute Gasteiger partial charge is 0.246 e. The van der Waals surface area contributed by atoms with E-state index in [2.05, 4.69) is 17.3 Å². The number of amides is 1. The summed E-state index contributed by atoms with van der Waals surface area (Å²) in [7, 11) is 0. The molecule has 1 N–H and O–H groups in total. The first-order valence-electron chi connectivity index (χ1n) is 7.51. The monoisotopic (exact) mass is 307 g/mol. The molecule has 0 radical (unpaired) electrons. The molecule has 1 aromatic heterocycles. The molecule has 0 unspecified atom stereocenters. The number of anilines is 1. The van der Waals surface area contributed by atoms with Gasteiger partial charge >= 0.3 is 0 Å². The summed E-state index contributed by atoms with van der Waals surface area (Å²) in [5.74, 6) is -0.185. The molecule has 116 valence electrons. The summed E-state index contributed by atoms with van der Waals surface area (Å²) in [6, 6.07) is 14.9. The van der Waals surface area contributed by atoms with Crippen LogP contribution >= 0.6 is 0 Å². The van der Waals surface area contributed by atoms with Crippen molar-refractivity contribution in [3.05, 3.63) is 70.5 Å². The van der Waals surface area contributed by atoms with E-state index < -0.39 is 0 Å². The van der Waals surface area contributed by atoms with Crippen LogP contribution in [0.4, 0.5) is 5.69 Å². The van der Waals surface area contributed by atoms with Crippen LogP contribution in [0.5, 0.6) is 0 Å². The summed E-state index contributed by atoms with van der Waals surface area (Å²) in [5, 5.41) is 7.46. The zero-order valence-electron chi connectivity index (χ0n) is 12.8. The van der Waals surface area contributed by atoms with Gasteiger partial charge in [0.05, 0.1) is 11.7 Å². The first-order chi connectivity index (χ1) is 11.2. The lowest BCUT2D eigenvalue weighted by Gasteiger charge is -2.10. The zero-order valence-corrected chi connectivity index (χ0v) is 12.8. The molecular formula is C18H17N3O2. The Morgan fingerprint density at radius 2 is 1.87 bits per heavy atom. The molecule has 0 bridgehead atoms. The van der Waals surface area contributed by atoms with Crippen molar-refractivity contribution in [1.82, 2.24) is 9.78 Å². The van der Waals surface area contributed by atoms with Crippen molar-refractivity contribution in [3.8, 4) is 0 Å². The molecule has 23 heavy (non-hydrogen) atoms. The summed E-state index contributed by atoms with van der Waals surface area (Å²) in [4.78, 5) is 24.0. The molecule has 0 aliphatic rings. The molecule has 0 saturated carbocycles. The normalized spacial score (nSPS) is 10.7. The quantitative estimate of drug-likeness (QED) is 0.806. The topological polar surface area (TPSA) is 64.0 Å². The molecule has 1 amide bonds. The number of nitrogens with zero attached hydrogens (tertiary/aromatic N) is 2. The molecular weight excluding hydrogens is 290 g/mol. The Hall–Kier alpha value is -2.95. The minimum Gasteiger partial charge on any atom is -0.324 e. The van der Waals surface area contributed by atoms with Gasteiger partial charge in [0, 0.05) is 11.1 Å². The number of aromatic nitrogens is 2. The number of fused-ring (bicyclic) bond motifs is 1. The average Bonchev–Trinajstić information content (AvgIpc) is 2.58. The second-order valence-electron chi connectivity index (χ2n) is 5.28. The minimum atomic E-state index is -0.185. The summed E-state index contributed by atoms with van der Waals surface area (Å²) >= 11 is 0. The Balaban J connectivity index is 1.80. The molecule has 0 aliphatic heterocycles. The van der Waals surface area contributed by atoms with Crippen LogP contribution < -0.4 is 10.7 Å². The number of rotatable bonds is 4. The maximum Gasteiger partial charge on any atom is 0.246 e. The van der Waals surface area contributed by atoms with Crippen LogP contribution in [-0.2, 0) is 17.8 Å². The van der Waals surface area contributed by atoms with Crippen molar-refractivity contribution in [2.24, 2.45) is 0 Å². The van der Waals surface area contributed by atoms with Crippen molar-refractivity contribution >= 4 is 22.5 Å². The Kier molecular flexibility index (Phi) is 4.19. The number of benzene rings is 2. The van der Waals surface area contributed by atoms with Crippen LogP contribution in [-0.4, -0.2) is 15.7 Å². The first-order valence-corrected chi connectivity index (χ1v) is 7.51. The maximum atomic E-state index is 12.2. The van der Waals surface area contributed by atoms with Crippen LogP contribution in [0.15, 0.2) is 59.5 Å². The van der Waals surface area contributed by atoms with Gasteiger partial charge in [-0.05, 0) is 36.2 Å². The van der Waals surface area contributed by atoms with Gasteiger partial charge in [0.15, 0.2) is 0 Å². The van der Waals surface area contributed by atoms with Crippen LogP contribution in [0, 0.1) is 0 Å². The molecule has 3 rings (SSSR count). The predicted octanol–water partition coefficient (Wildman–Crippen LogP) is 2.60. The fraction of sp³-hybridized carbons (Fsp3) is 0.167. The highest BCUT2D eigenvalue weighted by atomic mass is 16.2. The Morgan fingerprint density at radius 3 is 2.61 bits per heavy atom. The number of carbonyl (C=O) groups excluding carboxylic acids is 1. The van der Waals surface area contributed by atoms with Gasteiger partial charge in [-0.2, -0.15) is 5.10 Å². The standard InChI is InChI=1S/C18H17N3O2/c1-2-13-7-9-14(10-8-13)20-18(23)12-21-16-6-4-3-5-15(16)17(22)11-19-21/h3-11H,2,12H2,1H3,(H,20,23). The van der Waals surface area contributed by atoms with Gasteiger partial charge in [-0.25, -0.2) is 0 Å². The van der Waals surface area contributed by atoms with E-state index in [1.807, 2.05) is 30.3 Å². The SMILES string of the molecule is CCc1ccc(NC(=O)Cn2ncc(=O)c3ccccc32)cc1. The molecule has 1 heterocycles. The number of nitrogens with one attached hydrogen (secondary N) is 1. The highest BCUT2D eigenvalue weighted by molar-refractivity contribution is 5.91. The Morgan fingerprint density at radius 1 is 1.13 bits per heavy atom. The van der Waals surface area contributed by atoms with E-state index in [-0.39, 0.29) is 17.9 Å². The number of aryl methyl sites for hydroxylation is 1. The Bertz CT molecular complexity index is 898. The molecule has 0 saturated heterocycles. The second-order valence-corrected chi connectivity index (χ2v) is 5.28. The lowest BCUT2D eigenvalue weighted by molar-refractivity contribution is -0.116. The molecule has 5 heteroatoms. The number of carbonyl (C=O) groups is 1. The van der Waals surface area contributed by atoms with Crippen LogP contribution in [0.3, 0.4) is 0 Å². The van der Waals surface area contributed by atoms with Crippen molar-refractivity contribution in [1.29, 1.82) is 0 Å². The largest absolute Gasteiger partial charge is 0.324 e. The van der Waals surface area contributed by atoms with Gasteiger partial charge in [0.2, 0.25) is 11.3 Å². The maximum absolute atomic E-state index is 12.2. The third-order valence-corrected chi connectivity index (χ3v) is 3.70. The third-order valence-electron chi connectivity index (χ3n) is 3.70. The molecule has 5 nitrogen and oxygen atoms in total. The number of hydrogen-bond acceptors (Lipinski definition) is 3. The van der Waals surface area contributed by atoms with E-state index in [1.54, 1.807) is 18.2 Å². The van der Waals surface area contributed by atoms with Gasteiger partial charge < -0.3 is 5.32 Å². The van der Waals surface area contributed by atoms with E-state index in [4.69, 9.17) is 0 Å². The highest BCUT2D eigenvalue weighted by Gasteiger charge is 2.08. The third kappa shape index (κ3) is 3.29. The lowest BCUT2D eigenvalue weighted by atomic mass is 10.1. The fourth-order valence-electron chi connectivity index (χ4n) is 2.45. The van der Waals surface area contributed by atoms with Gasteiger partial charge in [0.1, 0.15) is 6.54 Å². The van der Waals surface area contributed by atoms with E-state index in [1.165, 1.54) is 16.4 Å². The van der Waals surface area contributed by atoms with E-state index in [0.29, 0.717) is 10.9 Å². The van der Waals surface area contributed by atoms with Gasteiger partial charge in [-0.1, -0.05) is 31.2 Å². The van der Waals surface area contributed by atoms with Crippen LogP contribution in [0.1, 0.15) is 12.5 Å². The summed E-state index contributed by atoms with van der Waals surface area (Å²) in [6.45, 7) is 2.14. The predicted molar refractivity (Wildman–Crippen MR) is 90.5 cm³/mol. The van der Waals surface area contributed by atoms with Crippen LogP contribution in [0.2, 0.25) is 0 Å². The van der Waals surface area contributed by atoms with Crippen molar-refractivity contribution < 1.29 is 4.79 Å². The molecule has 0 atom stereocenters. The molecule has 2 aromatic carbocycles. The van der Waals surface area contributed by atoms with Gasteiger partial charge in [-0.15, -0.1) is 0 Å². The van der Waals surface area contributed by atoms with E-state index >= 15 is 0 Å². The van der Waals surface area contributed by atoms with E-state index in [0.717, 1.165) is 12.1 Å². The summed E-state index contributed by atoms with van der Waals surface area (Å²) in [5.41, 5.74) is 2.47. The molecule has 0 spiro atoms. The van der Waals surface area contributed by atoms with Crippen molar-refractivity contribution in [2.75, 3.05) is 5.32 Å². The number of hydrogen-bond donors (Lipinski definition) is 1. The number of para-hydroxylation sites is 1. The minimum absolute atomic E-state index is 0.0519. The lowest BCUT2D eigenvalue weighted by Crippen LogP contribution is -2.22. The van der Waals surface area contributed by atoms with Gasteiger partial charge in [0.25, 0.3) is 0 Å². The zero-order chi connectivity index (χ0) is 16.2. The first kappa shape index (κ1) is 15.0. The summed E-state index contributed by atoms with van der Waals surface area (Å²) in [6.07, 6.45) is 2.20. The highest BCUT2D eigenvalue weighted by Crippen LogP contribution is 2.11. The average molecular weight is 307 g/mol. The van der Waals surface area contributed by atoms with Crippen molar-refractivity contribution in [3.63, 3.8) is 0 Å². The van der Waals surface area contributed by atoms with Crippen molar-refractivity contribution in [2.45, 2.75) is 19.9 Å². The Labute approximate surface area is 133 Å². The molecule has 0 fully saturated rings. The molecule has 3 aromatic rings. The van der Waals surface area contributed by atoms with E-state index in [9.17, 15) is 9.59 Å².